The molecule has 0 N–H and O–H groups in total. The molecular weight excluding hydrogens is 314 g/mol. The van der Waals surface area contributed by atoms with Gasteiger partial charge in [0, 0.05) is 31.0 Å². The monoisotopic (exact) mass is 332 g/mol. The van der Waals surface area contributed by atoms with E-state index in [-0.39, 0.29) is 12.3 Å². The largest absolute Gasteiger partial charge is 0.324 e. The van der Waals surface area contributed by atoms with Crippen molar-refractivity contribution < 1.29 is 13.6 Å². The quantitative estimate of drug-likeness (QED) is 0.864. The number of hydrogen-bond acceptors (Lipinski definition) is 3. The average molecular weight is 332 g/mol. The van der Waals surface area contributed by atoms with Gasteiger partial charge in [0.1, 0.15) is 18.0 Å². The van der Waals surface area contributed by atoms with E-state index in [1.54, 1.807) is 11.1 Å². The molecule has 1 saturated carbocycles. The summed E-state index contributed by atoms with van der Waals surface area (Å²) in [6.07, 6.45) is 3.26. The summed E-state index contributed by atoms with van der Waals surface area (Å²) in [6.45, 7) is 2.61. The first-order valence-corrected chi connectivity index (χ1v) is 8.14. The van der Waals surface area contributed by atoms with Crippen molar-refractivity contribution in [2.75, 3.05) is 6.54 Å². The molecule has 0 bridgehead atoms. The Hall–Kier alpha value is -2.31. The first-order chi connectivity index (χ1) is 11.5. The van der Waals surface area contributed by atoms with Crippen molar-refractivity contribution in [1.82, 2.24) is 19.4 Å². The number of carbonyl (C=O) groups is 1. The topological polar surface area (TPSA) is 51.0 Å². The smallest absolute Gasteiger partial charge is 0.266 e. The molecule has 7 heteroatoms. The van der Waals surface area contributed by atoms with Crippen molar-refractivity contribution in [3.63, 3.8) is 0 Å². The van der Waals surface area contributed by atoms with Crippen molar-refractivity contribution in [1.29, 1.82) is 0 Å². The van der Waals surface area contributed by atoms with Crippen LogP contribution < -0.4 is 0 Å². The van der Waals surface area contributed by atoms with E-state index in [0.717, 1.165) is 41.5 Å². The minimum Gasteiger partial charge on any atom is -0.324 e. The molecule has 0 spiro atoms. The van der Waals surface area contributed by atoms with Gasteiger partial charge in [-0.1, -0.05) is 0 Å². The summed E-state index contributed by atoms with van der Waals surface area (Å²) in [6, 6.07) is 1.99. The Morgan fingerprint density at radius 2 is 2.21 bits per heavy atom. The fraction of sp³-hybridized carbons (Fsp3) is 0.471. The Bertz CT molecular complexity index is 836. The zero-order valence-corrected chi connectivity index (χ0v) is 13.4. The molecule has 3 heterocycles. The number of imidazole rings is 1. The molecule has 24 heavy (non-hydrogen) atoms. The molecule has 1 unspecified atom stereocenters. The van der Waals surface area contributed by atoms with E-state index in [0.29, 0.717) is 19.1 Å². The number of fused-ring (bicyclic) bond motifs is 1. The van der Waals surface area contributed by atoms with E-state index in [1.807, 2.05) is 17.6 Å². The fourth-order valence-electron chi connectivity index (χ4n) is 3.32. The minimum absolute atomic E-state index is 0.104. The van der Waals surface area contributed by atoms with Gasteiger partial charge in [-0.3, -0.25) is 9.36 Å². The summed E-state index contributed by atoms with van der Waals surface area (Å²) < 4.78 is 26.9. The highest BCUT2D eigenvalue weighted by molar-refractivity contribution is 5.79. The Kier molecular flexibility index (Phi) is 3.58. The van der Waals surface area contributed by atoms with Gasteiger partial charge >= 0.3 is 0 Å². The molecule has 1 amide bonds. The van der Waals surface area contributed by atoms with Crippen molar-refractivity contribution in [2.24, 2.45) is 5.92 Å². The van der Waals surface area contributed by atoms with Crippen LogP contribution in [0.25, 0.3) is 11.2 Å². The van der Waals surface area contributed by atoms with Gasteiger partial charge < -0.3 is 4.90 Å². The minimum atomic E-state index is -1.72. The van der Waals surface area contributed by atoms with E-state index < -0.39 is 12.0 Å². The molecule has 0 radical (unpaired) electrons. The summed E-state index contributed by atoms with van der Waals surface area (Å²) in [4.78, 5) is 23.0. The number of carbonyl (C=O) groups excluding carboxylic acids is 1. The number of likely N-dealkylation sites (tertiary alicyclic amines) is 1. The number of rotatable bonds is 4. The van der Waals surface area contributed by atoms with Crippen LogP contribution in [-0.4, -0.2) is 31.9 Å². The molecule has 5 nitrogen and oxygen atoms in total. The highest BCUT2D eigenvalue weighted by Crippen LogP contribution is 2.40. The summed E-state index contributed by atoms with van der Waals surface area (Å²) in [5, 5.41) is 0. The van der Waals surface area contributed by atoms with Crippen LogP contribution >= 0.6 is 0 Å². The number of pyridine rings is 1. The van der Waals surface area contributed by atoms with E-state index in [1.165, 1.54) is 0 Å². The third-order valence-electron chi connectivity index (χ3n) is 4.61. The Morgan fingerprint density at radius 3 is 2.92 bits per heavy atom. The summed E-state index contributed by atoms with van der Waals surface area (Å²) in [7, 11) is 0. The van der Waals surface area contributed by atoms with Crippen molar-refractivity contribution >= 4 is 17.1 Å². The molecule has 0 aromatic carbocycles. The summed E-state index contributed by atoms with van der Waals surface area (Å²) in [5.74, 6) is 0.841. The highest BCUT2D eigenvalue weighted by atomic mass is 19.3. The van der Waals surface area contributed by atoms with Gasteiger partial charge in [0.15, 0.2) is 5.65 Å². The van der Waals surface area contributed by atoms with Gasteiger partial charge in [0.2, 0.25) is 5.91 Å². The molecule has 1 saturated heterocycles. The van der Waals surface area contributed by atoms with Crippen molar-refractivity contribution in [3.05, 3.63) is 35.8 Å². The Balaban J connectivity index is 1.65. The third kappa shape index (κ3) is 2.79. The van der Waals surface area contributed by atoms with Gasteiger partial charge in [0.05, 0.1) is 0 Å². The normalized spacial score (nSPS) is 20.9. The van der Waals surface area contributed by atoms with Crippen LogP contribution in [0.3, 0.4) is 0 Å². The SMILES string of the molecule is Cc1cnc2c(c1)nc(C1CC1)n2CN1CC(C=C(F)F)CC1=O. The van der Waals surface area contributed by atoms with Crippen LogP contribution in [-0.2, 0) is 11.5 Å². The molecule has 1 aliphatic heterocycles. The zero-order chi connectivity index (χ0) is 16.8. The molecule has 1 aliphatic carbocycles. The Labute approximate surface area is 138 Å². The maximum absolute atomic E-state index is 12.4. The predicted molar refractivity (Wildman–Crippen MR) is 84.4 cm³/mol. The second-order valence-electron chi connectivity index (χ2n) is 6.71. The summed E-state index contributed by atoms with van der Waals surface area (Å²) >= 11 is 0. The molecule has 4 rings (SSSR count). The molecule has 2 aromatic rings. The van der Waals surface area contributed by atoms with Gasteiger partial charge in [-0.25, -0.2) is 9.97 Å². The lowest BCUT2D eigenvalue weighted by atomic mass is 10.1. The van der Waals surface area contributed by atoms with Crippen LogP contribution in [0.4, 0.5) is 8.78 Å². The number of aryl methyl sites for hydroxylation is 1. The molecule has 2 aromatic heterocycles. The number of aromatic nitrogens is 3. The predicted octanol–water partition coefficient (Wildman–Crippen LogP) is 3.20. The van der Waals surface area contributed by atoms with E-state index >= 15 is 0 Å². The second kappa shape index (κ2) is 5.65. The lowest BCUT2D eigenvalue weighted by Gasteiger charge is -2.18. The maximum atomic E-state index is 12.4. The van der Waals surface area contributed by atoms with Crippen molar-refractivity contribution in [2.45, 2.75) is 38.8 Å². The number of halogens is 2. The van der Waals surface area contributed by atoms with E-state index in [4.69, 9.17) is 4.98 Å². The lowest BCUT2D eigenvalue weighted by Crippen LogP contribution is -2.28. The van der Waals surface area contributed by atoms with Gasteiger partial charge in [-0.15, -0.1) is 0 Å². The van der Waals surface area contributed by atoms with Gasteiger partial charge in [-0.05, 0) is 37.5 Å². The van der Waals surface area contributed by atoms with Gasteiger partial charge in [0.25, 0.3) is 6.08 Å². The van der Waals surface area contributed by atoms with Crippen LogP contribution in [0.2, 0.25) is 0 Å². The fourth-order valence-corrected chi connectivity index (χ4v) is 3.32. The zero-order valence-electron chi connectivity index (χ0n) is 13.4. The van der Waals surface area contributed by atoms with Gasteiger partial charge in [-0.2, -0.15) is 8.78 Å². The molecular formula is C17H18F2N4O. The van der Waals surface area contributed by atoms with Crippen LogP contribution in [0, 0.1) is 12.8 Å². The average Bonchev–Trinajstić information content (AvgIpc) is 3.21. The van der Waals surface area contributed by atoms with E-state index in [9.17, 15) is 13.6 Å². The molecule has 2 aliphatic rings. The lowest BCUT2D eigenvalue weighted by molar-refractivity contribution is -0.129. The number of hydrogen-bond donors (Lipinski definition) is 0. The van der Waals surface area contributed by atoms with Crippen LogP contribution in [0.5, 0.6) is 0 Å². The molecule has 2 fully saturated rings. The highest BCUT2D eigenvalue weighted by Gasteiger charge is 2.33. The number of amides is 1. The Morgan fingerprint density at radius 1 is 1.42 bits per heavy atom. The molecule has 126 valence electrons. The first-order valence-electron chi connectivity index (χ1n) is 8.14. The number of nitrogens with zero attached hydrogens (tertiary/aromatic N) is 4. The van der Waals surface area contributed by atoms with Crippen LogP contribution in [0.1, 0.15) is 36.6 Å². The van der Waals surface area contributed by atoms with Crippen LogP contribution in [0.15, 0.2) is 24.4 Å². The van der Waals surface area contributed by atoms with Crippen molar-refractivity contribution in [3.8, 4) is 0 Å². The first kappa shape index (κ1) is 15.2. The molecule has 1 atom stereocenters. The standard InChI is InChI=1S/C17H18F2N4O/c1-10-4-13-17(20-7-10)23(16(21-13)12-2-3-12)9-22-8-11(5-14(18)19)6-15(22)24/h4-5,7,11-12H,2-3,6,8-9H2,1H3. The maximum Gasteiger partial charge on any atom is 0.266 e. The summed E-state index contributed by atoms with van der Waals surface area (Å²) in [5.41, 5.74) is 2.62. The second-order valence-corrected chi connectivity index (χ2v) is 6.71. The third-order valence-corrected chi connectivity index (χ3v) is 4.61. The van der Waals surface area contributed by atoms with E-state index in [2.05, 4.69) is 4.98 Å².